The highest BCUT2D eigenvalue weighted by molar-refractivity contribution is 5.77. The third-order valence-corrected chi connectivity index (χ3v) is 1.88. The zero-order chi connectivity index (χ0) is 9.68. The molecule has 1 aromatic rings. The molecule has 1 N–H and O–H groups in total. The molecule has 1 aromatic carbocycles. The molecule has 0 spiro atoms. The predicted octanol–water partition coefficient (Wildman–Crippen LogP) is 2.76. The van der Waals surface area contributed by atoms with Crippen LogP contribution in [-0.4, -0.2) is 12.9 Å². The van der Waals surface area contributed by atoms with Crippen LogP contribution in [0.1, 0.15) is 18.1 Å². The number of benzene rings is 1. The van der Waals surface area contributed by atoms with Crippen molar-refractivity contribution in [3.63, 3.8) is 0 Å². The summed E-state index contributed by atoms with van der Waals surface area (Å²) in [5.41, 5.74) is 3.67. The monoisotopic (exact) mass is 176 g/mol. The summed E-state index contributed by atoms with van der Waals surface area (Å²) in [6.07, 6.45) is 1.75. The molecule has 0 aliphatic rings. The first-order valence-corrected chi connectivity index (χ1v) is 4.56. The number of nitrogens with zero attached hydrogens (tertiary/aromatic N) is 1. The van der Waals surface area contributed by atoms with Gasteiger partial charge in [-0.15, -0.1) is 0 Å². The Bertz CT molecular complexity index is 303. The fourth-order valence-electron chi connectivity index (χ4n) is 1.18. The maximum Gasteiger partial charge on any atom is 0.0867 e. The first-order valence-electron chi connectivity index (χ1n) is 4.56. The van der Waals surface area contributed by atoms with Crippen molar-refractivity contribution in [1.29, 1.82) is 0 Å². The molecule has 0 heterocycles. The van der Waals surface area contributed by atoms with Crippen LogP contribution in [0.2, 0.25) is 0 Å². The highest BCUT2D eigenvalue weighted by Crippen LogP contribution is 2.14. The van der Waals surface area contributed by atoms with Crippen LogP contribution >= 0.6 is 0 Å². The van der Waals surface area contributed by atoms with E-state index < -0.39 is 0 Å². The number of aliphatic imine (C=N–C) groups is 1. The predicted molar refractivity (Wildman–Crippen MR) is 58.6 cm³/mol. The summed E-state index contributed by atoms with van der Waals surface area (Å²) in [7, 11) is 0. The maximum atomic E-state index is 4.09. The Morgan fingerprint density at radius 2 is 2.15 bits per heavy atom. The summed E-state index contributed by atoms with van der Waals surface area (Å²) in [6.45, 7) is 7.02. The van der Waals surface area contributed by atoms with Crippen LogP contribution in [0.4, 0.5) is 5.69 Å². The van der Waals surface area contributed by atoms with Gasteiger partial charge >= 0.3 is 0 Å². The molecule has 1 rings (SSSR count). The van der Waals surface area contributed by atoms with Crippen molar-refractivity contribution in [2.24, 2.45) is 4.99 Å². The van der Waals surface area contributed by atoms with Gasteiger partial charge in [-0.2, -0.15) is 0 Å². The molecule has 0 bridgehead atoms. The Labute approximate surface area is 79.7 Å². The highest BCUT2D eigenvalue weighted by Gasteiger charge is 1.94. The maximum absolute atomic E-state index is 4.09. The van der Waals surface area contributed by atoms with Crippen LogP contribution in [0.25, 0.3) is 0 Å². The minimum atomic E-state index is 0.817. The van der Waals surface area contributed by atoms with Gasteiger partial charge in [0.2, 0.25) is 0 Å². The lowest BCUT2D eigenvalue weighted by Crippen LogP contribution is -1.97. The number of aryl methyl sites for hydroxylation is 2. The molecular formula is C11H16N2. The zero-order valence-corrected chi connectivity index (χ0v) is 8.46. The quantitative estimate of drug-likeness (QED) is 0.556. The number of rotatable bonds is 3. The normalized spacial score (nSPS) is 10.7. The first kappa shape index (κ1) is 9.78. The SMILES string of the molecule is CCN=CNc1ccc(C)cc1C. The smallest absolute Gasteiger partial charge is 0.0867 e. The van der Waals surface area contributed by atoms with Crippen molar-refractivity contribution in [2.45, 2.75) is 20.8 Å². The molecule has 2 heteroatoms. The van der Waals surface area contributed by atoms with Crippen molar-refractivity contribution in [3.05, 3.63) is 29.3 Å². The van der Waals surface area contributed by atoms with Crippen molar-refractivity contribution in [2.75, 3.05) is 11.9 Å². The van der Waals surface area contributed by atoms with E-state index in [0.29, 0.717) is 0 Å². The summed E-state index contributed by atoms with van der Waals surface area (Å²) in [6, 6.07) is 6.32. The van der Waals surface area contributed by atoms with Crippen molar-refractivity contribution >= 4 is 12.0 Å². The minimum Gasteiger partial charge on any atom is -0.347 e. The molecule has 0 radical (unpaired) electrons. The third-order valence-electron chi connectivity index (χ3n) is 1.88. The number of anilines is 1. The molecule has 0 saturated heterocycles. The first-order chi connectivity index (χ1) is 6.24. The van der Waals surface area contributed by atoms with Gasteiger partial charge < -0.3 is 5.32 Å². The van der Waals surface area contributed by atoms with Gasteiger partial charge in [0.15, 0.2) is 0 Å². The number of hydrogen-bond acceptors (Lipinski definition) is 1. The fourth-order valence-corrected chi connectivity index (χ4v) is 1.18. The zero-order valence-electron chi connectivity index (χ0n) is 8.46. The van der Waals surface area contributed by atoms with Crippen LogP contribution in [0.3, 0.4) is 0 Å². The fraction of sp³-hybridized carbons (Fsp3) is 0.364. The average molecular weight is 176 g/mol. The Morgan fingerprint density at radius 3 is 2.77 bits per heavy atom. The van der Waals surface area contributed by atoms with Gasteiger partial charge in [0.25, 0.3) is 0 Å². The Hall–Kier alpha value is -1.31. The Kier molecular flexibility index (Phi) is 3.50. The molecule has 0 saturated carbocycles. The Morgan fingerprint density at radius 1 is 1.38 bits per heavy atom. The standard InChI is InChI=1S/C11H16N2/c1-4-12-8-13-11-6-5-9(2)7-10(11)3/h5-8H,4H2,1-3H3,(H,12,13). The molecule has 0 amide bonds. The van der Waals surface area contributed by atoms with E-state index in [0.717, 1.165) is 12.2 Å². The minimum absolute atomic E-state index is 0.817. The molecule has 0 unspecified atom stereocenters. The van der Waals surface area contributed by atoms with Crippen molar-refractivity contribution < 1.29 is 0 Å². The number of hydrogen-bond donors (Lipinski definition) is 1. The summed E-state index contributed by atoms with van der Waals surface area (Å²) < 4.78 is 0. The third kappa shape index (κ3) is 2.90. The van der Waals surface area contributed by atoms with Crippen LogP contribution in [-0.2, 0) is 0 Å². The van der Waals surface area contributed by atoms with Gasteiger partial charge in [0, 0.05) is 12.2 Å². The molecule has 0 atom stereocenters. The lowest BCUT2D eigenvalue weighted by molar-refractivity contribution is 1.14. The van der Waals surface area contributed by atoms with E-state index in [1.54, 1.807) is 6.34 Å². The summed E-state index contributed by atoms with van der Waals surface area (Å²) >= 11 is 0. The lowest BCUT2D eigenvalue weighted by Gasteiger charge is -2.05. The molecule has 0 fully saturated rings. The van der Waals surface area contributed by atoms with Crippen LogP contribution in [0.15, 0.2) is 23.2 Å². The van der Waals surface area contributed by atoms with Crippen molar-refractivity contribution in [1.82, 2.24) is 0 Å². The largest absolute Gasteiger partial charge is 0.347 e. The second-order valence-corrected chi connectivity index (χ2v) is 3.09. The van der Waals surface area contributed by atoms with E-state index in [-0.39, 0.29) is 0 Å². The summed E-state index contributed by atoms with van der Waals surface area (Å²) in [5, 5.41) is 3.15. The molecule has 0 aliphatic heterocycles. The van der Waals surface area contributed by atoms with E-state index in [9.17, 15) is 0 Å². The Balaban J connectivity index is 2.72. The molecule has 13 heavy (non-hydrogen) atoms. The molecule has 0 aromatic heterocycles. The second kappa shape index (κ2) is 4.65. The van der Waals surface area contributed by atoms with Gasteiger partial charge in [-0.3, -0.25) is 4.99 Å². The van der Waals surface area contributed by atoms with Crippen LogP contribution in [0, 0.1) is 13.8 Å². The average Bonchev–Trinajstić information content (AvgIpc) is 2.09. The van der Waals surface area contributed by atoms with E-state index in [4.69, 9.17) is 0 Å². The molecular weight excluding hydrogens is 160 g/mol. The second-order valence-electron chi connectivity index (χ2n) is 3.09. The lowest BCUT2D eigenvalue weighted by atomic mass is 10.1. The van der Waals surface area contributed by atoms with E-state index in [2.05, 4.69) is 42.4 Å². The van der Waals surface area contributed by atoms with Gasteiger partial charge in [-0.1, -0.05) is 17.7 Å². The van der Waals surface area contributed by atoms with Crippen molar-refractivity contribution in [3.8, 4) is 0 Å². The van der Waals surface area contributed by atoms with Gasteiger partial charge in [-0.05, 0) is 32.4 Å². The molecule has 0 aliphatic carbocycles. The molecule has 70 valence electrons. The summed E-state index contributed by atoms with van der Waals surface area (Å²) in [5.74, 6) is 0. The topological polar surface area (TPSA) is 24.4 Å². The van der Waals surface area contributed by atoms with Gasteiger partial charge in [-0.25, -0.2) is 0 Å². The van der Waals surface area contributed by atoms with Crippen LogP contribution in [0.5, 0.6) is 0 Å². The van der Waals surface area contributed by atoms with Gasteiger partial charge in [0.05, 0.1) is 6.34 Å². The number of nitrogens with one attached hydrogen (secondary N) is 1. The highest BCUT2D eigenvalue weighted by atomic mass is 14.9. The van der Waals surface area contributed by atoms with Crippen LogP contribution < -0.4 is 5.32 Å². The summed E-state index contributed by atoms with van der Waals surface area (Å²) in [4.78, 5) is 4.09. The molecule has 2 nitrogen and oxygen atoms in total. The van der Waals surface area contributed by atoms with E-state index in [1.165, 1.54) is 11.1 Å². The van der Waals surface area contributed by atoms with E-state index in [1.807, 2.05) is 6.92 Å². The van der Waals surface area contributed by atoms with Gasteiger partial charge in [0.1, 0.15) is 0 Å². The van der Waals surface area contributed by atoms with E-state index >= 15 is 0 Å².